The minimum atomic E-state index is -0.492. The van der Waals surface area contributed by atoms with Gasteiger partial charge in [-0.2, -0.15) is 0 Å². The van der Waals surface area contributed by atoms with E-state index < -0.39 is 5.60 Å². The largest absolute Gasteiger partial charge is 0.495 e. The van der Waals surface area contributed by atoms with Crippen LogP contribution < -0.4 is 4.74 Å². The van der Waals surface area contributed by atoms with Crippen LogP contribution >= 0.6 is 11.8 Å². The third-order valence-corrected chi connectivity index (χ3v) is 3.52. The smallest absolute Gasteiger partial charge is 0.316 e. The van der Waals surface area contributed by atoms with Crippen LogP contribution in [0.5, 0.6) is 5.75 Å². The Kier molecular flexibility index (Phi) is 5.07. The standard InChI is InChI=1S/C15H19N3O3S/c1-15(2,3)21-13(19)9-22-14-17-16-10-18(14)11-7-5-6-8-12(11)20-4/h5-8,10H,9H2,1-4H3. The number of nitrogens with zero attached hydrogens (tertiary/aromatic N) is 3. The number of para-hydroxylation sites is 2. The zero-order chi connectivity index (χ0) is 16.2. The number of thioether (sulfide) groups is 1. The SMILES string of the molecule is COc1ccccc1-n1cnnc1SCC(=O)OC(C)(C)C. The minimum Gasteiger partial charge on any atom is -0.495 e. The van der Waals surface area contributed by atoms with Crippen molar-refractivity contribution in [3.05, 3.63) is 30.6 Å². The van der Waals surface area contributed by atoms with Gasteiger partial charge in [-0.05, 0) is 32.9 Å². The normalized spacial score (nSPS) is 11.3. The van der Waals surface area contributed by atoms with Crippen molar-refractivity contribution in [3.63, 3.8) is 0 Å². The van der Waals surface area contributed by atoms with Crippen molar-refractivity contribution in [1.29, 1.82) is 0 Å². The highest BCUT2D eigenvalue weighted by molar-refractivity contribution is 7.99. The van der Waals surface area contributed by atoms with Gasteiger partial charge in [-0.25, -0.2) is 0 Å². The number of methoxy groups -OCH3 is 1. The van der Waals surface area contributed by atoms with Crippen molar-refractivity contribution in [2.75, 3.05) is 12.9 Å². The first-order chi connectivity index (χ1) is 10.4. The molecule has 7 heteroatoms. The summed E-state index contributed by atoms with van der Waals surface area (Å²) in [5.74, 6) is 0.596. The van der Waals surface area contributed by atoms with Crippen LogP contribution in [0.4, 0.5) is 0 Å². The first kappa shape index (κ1) is 16.4. The maximum Gasteiger partial charge on any atom is 0.316 e. The topological polar surface area (TPSA) is 66.2 Å². The van der Waals surface area contributed by atoms with Gasteiger partial charge in [-0.3, -0.25) is 9.36 Å². The lowest BCUT2D eigenvalue weighted by atomic mass is 10.2. The number of hydrogen-bond donors (Lipinski definition) is 0. The number of esters is 1. The van der Waals surface area contributed by atoms with Crippen LogP contribution in [0.1, 0.15) is 20.8 Å². The molecule has 2 aromatic rings. The molecule has 0 bridgehead atoms. The lowest BCUT2D eigenvalue weighted by molar-refractivity contribution is -0.151. The predicted molar refractivity (Wildman–Crippen MR) is 84.5 cm³/mol. The Balaban J connectivity index is 2.12. The molecule has 0 radical (unpaired) electrons. The maximum absolute atomic E-state index is 11.8. The van der Waals surface area contributed by atoms with Gasteiger partial charge in [0.15, 0.2) is 5.16 Å². The number of benzene rings is 1. The van der Waals surface area contributed by atoms with E-state index in [0.29, 0.717) is 10.9 Å². The molecule has 0 N–H and O–H groups in total. The highest BCUT2D eigenvalue weighted by atomic mass is 32.2. The highest BCUT2D eigenvalue weighted by Gasteiger charge is 2.18. The summed E-state index contributed by atoms with van der Waals surface area (Å²) in [6.45, 7) is 5.52. The second kappa shape index (κ2) is 6.83. The Morgan fingerprint density at radius 2 is 2.05 bits per heavy atom. The van der Waals surface area contributed by atoms with E-state index in [2.05, 4.69) is 10.2 Å². The third kappa shape index (κ3) is 4.24. The van der Waals surface area contributed by atoms with Crippen LogP contribution in [-0.2, 0) is 9.53 Å². The van der Waals surface area contributed by atoms with Crippen molar-refractivity contribution in [3.8, 4) is 11.4 Å². The van der Waals surface area contributed by atoms with Crippen molar-refractivity contribution in [2.45, 2.75) is 31.5 Å². The summed E-state index contributed by atoms with van der Waals surface area (Å²) in [6.07, 6.45) is 1.59. The molecule has 6 nitrogen and oxygen atoms in total. The average molecular weight is 321 g/mol. The molecule has 118 valence electrons. The number of carbonyl (C=O) groups excluding carboxylic acids is 1. The summed E-state index contributed by atoms with van der Waals surface area (Å²) < 4.78 is 12.4. The Hall–Kier alpha value is -2.02. The first-order valence-corrected chi connectivity index (χ1v) is 7.77. The Bertz CT molecular complexity index is 649. The monoisotopic (exact) mass is 321 g/mol. The van der Waals surface area contributed by atoms with E-state index in [4.69, 9.17) is 9.47 Å². The fraction of sp³-hybridized carbons (Fsp3) is 0.400. The molecule has 22 heavy (non-hydrogen) atoms. The molecule has 0 aliphatic carbocycles. The molecule has 0 aliphatic rings. The molecule has 0 saturated carbocycles. The summed E-state index contributed by atoms with van der Waals surface area (Å²) >= 11 is 1.28. The van der Waals surface area contributed by atoms with Gasteiger partial charge in [-0.1, -0.05) is 23.9 Å². The lowest BCUT2D eigenvalue weighted by Crippen LogP contribution is -2.25. The number of rotatable bonds is 5. The molecule has 0 saturated heterocycles. The van der Waals surface area contributed by atoms with E-state index >= 15 is 0 Å². The zero-order valence-corrected chi connectivity index (χ0v) is 13.9. The summed E-state index contributed by atoms with van der Waals surface area (Å²) in [4.78, 5) is 11.8. The average Bonchev–Trinajstić information content (AvgIpc) is 2.91. The summed E-state index contributed by atoms with van der Waals surface area (Å²) in [5, 5.41) is 8.57. The van der Waals surface area contributed by atoms with E-state index in [9.17, 15) is 4.79 Å². The molecular formula is C15H19N3O3S. The van der Waals surface area contributed by atoms with Crippen LogP contribution in [0.3, 0.4) is 0 Å². The van der Waals surface area contributed by atoms with Crippen molar-refractivity contribution in [1.82, 2.24) is 14.8 Å². The van der Waals surface area contributed by atoms with Crippen LogP contribution in [-0.4, -0.2) is 39.2 Å². The van der Waals surface area contributed by atoms with Crippen LogP contribution in [0, 0.1) is 0 Å². The minimum absolute atomic E-state index is 0.172. The van der Waals surface area contributed by atoms with E-state index in [1.807, 2.05) is 45.0 Å². The molecular weight excluding hydrogens is 302 g/mol. The second-order valence-electron chi connectivity index (χ2n) is 5.53. The van der Waals surface area contributed by atoms with Gasteiger partial charge < -0.3 is 9.47 Å². The molecule has 0 unspecified atom stereocenters. The van der Waals surface area contributed by atoms with Gasteiger partial charge in [0, 0.05) is 0 Å². The van der Waals surface area contributed by atoms with Crippen LogP contribution in [0.15, 0.2) is 35.7 Å². The number of aromatic nitrogens is 3. The van der Waals surface area contributed by atoms with Gasteiger partial charge >= 0.3 is 5.97 Å². The Morgan fingerprint density at radius 1 is 1.32 bits per heavy atom. The van der Waals surface area contributed by atoms with E-state index in [1.54, 1.807) is 18.0 Å². The Morgan fingerprint density at radius 3 is 2.73 bits per heavy atom. The molecule has 1 aromatic heterocycles. The van der Waals surface area contributed by atoms with Gasteiger partial charge in [-0.15, -0.1) is 10.2 Å². The zero-order valence-electron chi connectivity index (χ0n) is 13.1. The Labute approximate surface area is 133 Å². The molecule has 0 fully saturated rings. The fourth-order valence-electron chi connectivity index (χ4n) is 1.81. The first-order valence-electron chi connectivity index (χ1n) is 6.79. The number of ether oxygens (including phenoxy) is 2. The van der Waals surface area contributed by atoms with Crippen LogP contribution in [0.25, 0.3) is 5.69 Å². The molecule has 0 atom stereocenters. The van der Waals surface area contributed by atoms with Gasteiger partial charge in [0.2, 0.25) is 0 Å². The quantitative estimate of drug-likeness (QED) is 0.623. The van der Waals surface area contributed by atoms with Gasteiger partial charge in [0.05, 0.1) is 18.6 Å². The van der Waals surface area contributed by atoms with Gasteiger partial charge in [0.1, 0.15) is 17.7 Å². The van der Waals surface area contributed by atoms with E-state index in [-0.39, 0.29) is 11.7 Å². The van der Waals surface area contributed by atoms with Crippen molar-refractivity contribution in [2.24, 2.45) is 0 Å². The summed E-state index contributed by atoms with van der Waals surface area (Å²) in [7, 11) is 1.61. The molecule has 2 rings (SSSR count). The fourth-order valence-corrected chi connectivity index (χ4v) is 2.51. The maximum atomic E-state index is 11.8. The number of carbonyl (C=O) groups is 1. The summed E-state index contributed by atoms with van der Waals surface area (Å²) in [6, 6.07) is 7.55. The van der Waals surface area contributed by atoms with E-state index in [0.717, 1.165) is 5.69 Å². The molecule has 1 heterocycles. The van der Waals surface area contributed by atoms with Crippen LogP contribution in [0.2, 0.25) is 0 Å². The molecule has 1 aromatic carbocycles. The highest BCUT2D eigenvalue weighted by Crippen LogP contribution is 2.26. The van der Waals surface area contributed by atoms with Crippen molar-refractivity contribution >= 4 is 17.7 Å². The lowest BCUT2D eigenvalue weighted by Gasteiger charge is -2.19. The van der Waals surface area contributed by atoms with E-state index in [1.165, 1.54) is 11.8 Å². The molecule has 0 amide bonds. The van der Waals surface area contributed by atoms with Gasteiger partial charge in [0.25, 0.3) is 0 Å². The summed E-state index contributed by atoms with van der Waals surface area (Å²) in [5.41, 5.74) is 0.329. The molecule has 0 aliphatic heterocycles. The van der Waals surface area contributed by atoms with Crippen molar-refractivity contribution < 1.29 is 14.3 Å². The third-order valence-electron chi connectivity index (χ3n) is 2.60. The number of hydrogen-bond acceptors (Lipinski definition) is 6. The molecule has 0 spiro atoms. The second-order valence-corrected chi connectivity index (χ2v) is 6.47. The predicted octanol–water partition coefficient (Wildman–Crippen LogP) is 2.71.